The summed E-state index contributed by atoms with van der Waals surface area (Å²) in [6, 6.07) is 11.6. The lowest BCUT2D eigenvalue weighted by Crippen LogP contribution is -2.47. The number of hydrogen-bond acceptors (Lipinski definition) is 7. The molecule has 1 fully saturated rings. The molecular formula is C22H27N3O7S. The van der Waals surface area contributed by atoms with Crippen LogP contribution >= 0.6 is 0 Å². The van der Waals surface area contributed by atoms with Gasteiger partial charge < -0.3 is 24.8 Å². The van der Waals surface area contributed by atoms with Gasteiger partial charge in [-0.05, 0) is 48.4 Å². The average Bonchev–Trinajstić information content (AvgIpc) is 3.30. The van der Waals surface area contributed by atoms with Gasteiger partial charge >= 0.3 is 11.8 Å². The maximum absolute atomic E-state index is 13.1. The molecule has 0 spiro atoms. The number of carbonyl (C=O) groups is 2. The van der Waals surface area contributed by atoms with Crippen molar-refractivity contribution in [1.29, 1.82) is 0 Å². The van der Waals surface area contributed by atoms with Crippen LogP contribution in [0.1, 0.15) is 11.1 Å². The first-order valence-electron chi connectivity index (χ1n) is 10.2. The third-order valence-electron chi connectivity index (χ3n) is 5.17. The van der Waals surface area contributed by atoms with E-state index in [1.165, 1.54) is 23.5 Å². The summed E-state index contributed by atoms with van der Waals surface area (Å²) in [5.74, 6) is -0.444. The summed E-state index contributed by atoms with van der Waals surface area (Å²) >= 11 is 0. The molecule has 1 aliphatic heterocycles. The van der Waals surface area contributed by atoms with Gasteiger partial charge in [0.1, 0.15) is 17.7 Å². The van der Waals surface area contributed by atoms with Gasteiger partial charge in [0.05, 0.1) is 32.3 Å². The molecule has 33 heavy (non-hydrogen) atoms. The Bertz CT molecular complexity index is 1100. The molecule has 10 nitrogen and oxygen atoms in total. The number of methoxy groups -OCH3 is 2. The van der Waals surface area contributed by atoms with Crippen molar-refractivity contribution in [3.05, 3.63) is 53.6 Å². The van der Waals surface area contributed by atoms with E-state index in [-0.39, 0.29) is 31.1 Å². The van der Waals surface area contributed by atoms with Gasteiger partial charge in [0.25, 0.3) is 0 Å². The predicted molar refractivity (Wildman–Crippen MR) is 119 cm³/mol. The van der Waals surface area contributed by atoms with E-state index in [0.29, 0.717) is 17.1 Å². The normalized spacial score (nSPS) is 16.3. The van der Waals surface area contributed by atoms with Crippen molar-refractivity contribution in [1.82, 2.24) is 14.9 Å². The Morgan fingerprint density at radius 2 is 1.76 bits per heavy atom. The predicted octanol–water partition coefficient (Wildman–Crippen LogP) is 0.792. The molecule has 0 radical (unpaired) electrons. The minimum atomic E-state index is -3.86. The Kier molecular flexibility index (Phi) is 7.90. The molecule has 1 aliphatic rings. The molecule has 11 heteroatoms. The SMILES string of the molecule is COc1ccc(CNC(=O)C(=O)NC[C@H]2OCCN2S(=O)(=O)c2ccc(OC)c(C)c2)cc1. The number of aryl methyl sites for hydroxylation is 1. The second-order valence-corrected chi connectivity index (χ2v) is 9.20. The van der Waals surface area contributed by atoms with E-state index in [4.69, 9.17) is 14.2 Å². The lowest BCUT2D eigenvalue weighted by molar-refractivity contribution is -0.139. The molecule has 0 aliphatic carbocycles. The van der Waals surface area contributed by atoms with Crippen molar-refractivity contribution in [3.8, 4) is 11.5 Å². The van der Waals surface area contributed by atoms with E-state index in [1.807, 2.05) is 0 Å². The van der Waals surface area contributed by atoms with Crippen LogP contribution < -0.4 is 20.1 Å². The number of carbonyl (C=O) groups excluding carboxylic acids is 2. The van der Waals surface area contributed by atoms with Gasteiger partial charge in [-0.3, -0.25) is 9.59 Å². The Hall–Kier alpha value is -3.15. The first-order valence-corrected chi connectivity index (χ1v) is 11.7. The van der Waals surface area contributed by atoms with Crippen LogP contribution in [0.5, 0.6) is 11.5 Å². The molecule has 2 aromatic carbocycles. The van der Waals surface area contributed by atoms with Crippen molar-refractivity contribution in [2.75, 3.05) is 33.9 Å². The standard InChI is InChI=1S/C22H27N3O7S/c1-15-12-18(8-9-19(15)31-3)33(28,29)25-10-11-32-20(25)14-24-22(27)21(26)23-13-16-4-6-17(30-2)7-5-16/h4-9,12,20H,10-11,13-14H2,1-3H3,(H,23,26)(H,24,27)/t20-/m1/s1. The first-order chi connectivity index (χ1) is 15.8. The van der Waals surface area contributed by atoms with Crippen molar-refractivity contribution in [2.45, 2.75) is 24.6 Å². The third kappa shape index (κ3) is 5.81. The van der Waals surface area contributed by atoms with Crippen LogP contribution in [0.25, 0.3) is 0 Å². The summed E-state index contributed by atoms with van der Waals surface area (Å²) in [5.41, 5.74) is 1.47. The summed E-state index contributed by atoms with van der Waals surface area (Å²) < 4.78 is 43.1. The van der Waals surface area contributed by atoms with Crippen molar-refractivity contribution >= 4 is 21.8 Å². The first kappa shape index (κ1) is 24.5. The Morgan fingerprint density at radius 3 is 2.39 bits per heavy atom. The van der Waals surface area contributed by atoms with E-state index >= 15 is 0 Å². The molecule has 1 heterocycles. The maximum atomic E-state index is 13.1. The molecule has 0 saturated carbocycles. The number of benzene rings is 2. The van der Waals surface area contributed by atoms with Crippen molar-refractivity contribution < 1.29 is 32.2 Å². The highest BCUT2D eigenvalue weighted by atomic mass is 32.2. The highest BCUT2D eigenvalue weighted by Crippen LogP contribution is 2.26. The van der Waals surface area contributed by atoms with Gasteiger partial charge in [-0.2, -0.15) is 4.31 Å². The second-order valence-electron chi connectivity index (χ2n) is 7.31. The highest BCUT2D eigenvalue weighted by molar-refractivity contribution is 7.89. The van der Waals surface area contributed by atoms with E-state index in [9.17, 15) is 18.0 Å². The number of amides is 2. The van der Waals surface area contributed by atoms with E-state index in [0.717, 1.165) is 5.56 Å². The molecule has 3 rings (SSSR count). The van der Waals surface area contributed by atoms with Crippen LogP contribution in [0.2, 0.25) is 0 Å². The van der Waals surface area contributed by atoms with Crippen LogP contribution in [0.4, 0.5) is 0 Å². The molecule has 178 valence electrons. The summed E-state index contributed by atoms with van der Waals surface area (Å²) in [5, 5.41) is 4.96. The zero-order chi connectivity index (χ0) is 24.0. The quantitative estimate of drug-likeness (QED) is 0.539. The van der Waals surface area contributed by atoms with Crippen LogP contribution in [0.3, 0.4) is 0 Å². The molecule has 0 bridgehead atoms. The van der Waals surface area contributed by atoms with Gasteiger partial charge in [0.15, 0.2) is 0 Å². The Balaban J connectivity index is 1.56. The molecule has 0 unspecified atom stereocenters. The van der Waals surface area contributed by atoms with E-state index < -0.39 is 28.1 Å². The number of ether oxygens (including phenoxy) is 3. The molecule has 2 N–H and O–H groups in total. The Morgan fingerprint density at radius 1 is 1.06 bits per heavy atom. The lowest BCUT2D eigenvalue weighted by atomic mass is 10.2. The highest BCUT2D eigenvalue weighted by Gasteiger charge is 2.37. The topological polar surface area (TPSA) is 123 Å². The number of sulfonamides is 1. The minimum absolute atomic E-state index is 0.0971. The fourth-order valence-electron chi connectivity index (χ4n) is 3.35. The fourth-order valence-corrected chi connectivity index (χ4v) is 4.95. The van der Waals surface area contributed by atoms with Gasteiger partial charge in [-0.25, -0.2) is 8.42 Å². The summed E-state index contributed by atoms with van der Waals surface area (Å²) in [6.45, 7) is 2.06. The summed E-state index contributed by atoms with van der Waals surface area (Å²) in [4.78, 5) is 24.4. The van der Waals surface area contributed by atoms with Crippen LogP contribution in [-0.4, -0.2) is 64.7 Å². The number of nitrogens with one attached hydrogen (secondary N) is 2. The van der Waals surface area contributed by atoms with Crippen molar-refractivity contribution in [3.63, 3.8) is 0 Å². The third-order valence-corrected chi connectivity index (χ3v) is 7.06. The molecular weight excluding hydrogens is 450 g/mol. The second kappa shape index (κ2) is 10.6. The molecule has 2 aromatic rings. The van der Waals surface area contributed by atoms with Crippen LogP contribution in [-0.2, 0) is 30.9 Å². The lowest BCUT2D eigenvalue weighted by Gasteiger charge is -2.23. The fraction of sp³-hybridized carbons (Fsp3) is 0.364. The average molecular weight is 478 g/mol. The molecule has 2 amide bonds. The number of nitrogens with zero attached hydrogens (tertiary/aromatic N) is 1. The van der Waals surface area contributed by atoms with Crippen molar-refractivity contribution in [2.24, 2.45) is 0 Å². The molecule has 1 atom stereocenters. The van der Waals surface area contributed by atoms with E-state index in [1.54, 1.807) is 44.4 Å². The Labute approximate surface area is 192 Å². The summed E-state index contributed by atoms with van der Waals surface area (Å²) in [7, 11) is -0.799. The van der Waals surface area contributed by atoms with Gasteiger partial charge in [-0.1, -0.05) is 12.1 Å². The minimum Gasteiger partial charge on any atom is -0.497 e. The molecule has 0 aromatic heterocycles. The smallest absolute Gasteiger partial charge is 0.309 e. The molecule has 1 saturated heterocycles. The zero-order valence-corrected chi connectivity index (χ0v) is 19.5. The zero-order valence-electron chi connectivity index (χ0n) is 18.7. The van der Waals surface area contributed by atoms with Crippen LogP contribution in [0.15, 0.2) is 47.4 Å². The van der Waals surface area contributed by atoms with Gasteiger partial charge in [0, 0.05) is 13.1 Å². The van der Waals surface area contributed by atoms with Gasteiger partial charge in [-0.15, -0.1) is 0 Å². The van der Waals surface area contributed by atoms with Gasteiger partial charge in [0.2, 0.25) is 10.0 Å². The monoisotopic (exact) mass is 477 g/mol. The van der Waals surface area contributed by atoms with Crippen LogP contribution in [0, 0.1) is 6.92 Å². The van der Waals surface area contributed by atoms with E-state index in [2.05, 4.69) is 10.6 Å². The maximum Gasteiger partial charge on any atom is 0.309 e. The number of rotatable bonds is 8. The largest absolute Gasteiger partial charge is 0.497 e. The number of hydrogen-bond donors (Lipinski definition) is 2. The summed E-state index contributed by atoms with van der Waals surface area (Å²) in [6.07, 6.45) is -0.921.